The summed E-state index contributed by atoms with van der Waals surface area (Å²) in [7, 11) is -4.45. The van der Waals surface area contributed by atoms with Gasteiger partial charge in [-0.25, -0.2) is 27.5 Å². The zero-order valence-corrected chi connectivity index (χ0v) is 24.9. The summed E-state index contributed by atoms with van der Waals surface area (Å²) >= 11 is 6.46. The fourth-order valence-electron chi connectivity index (χ4n) is 4.33. The number of nitrogens with one attached hydrogen (secondary N) is 3. The summed E-state index contributed by atoms with van der Waals surface area (Å²) in [4.78, 5) is 8.72. The molecule has 0 fully saturated rings. The lowest BCUT2D eigenvalue weighted by Gasteiger charge is -2.12. The van der Waals surface area contributed by atoms with Gasteiger partial charge in [0.05, 0.1) is 17.1 Å². The quantitative estimate of drug-likeness (QED) is 0.0956. The van der Waals surface area contributed by atoms with Crippen molar-refractivity contribution in [2.75, 3.05) is 24.2 Å². The molecule has 0 unspecified atom stereocenters. The number of anilines is 2. The van der Waals surface area contributed by atoms with Crippen LogP contribution >= 0.6 is 11.6 Å². The summed E-state index contributed by atoms with van der Waals surface area (Å²) in [5.41, 5.74) is 2.74. The third-order valence-electron chi connectivity index (χ3n) is 6.34. The van der Waals surface area contributed by atoms with Crippen LogP contribution in [0.2, 0.25) is 5.02 Å². The summed E-state index contributed by atoms with van der Waals surface area (Å²) in [5.74, 6) is -0.221. The van der Waals surface area contributed by atoms with Crippen molar-refractivity contribution in [1.82, 2.24) is 20.0 Å². The lowest BCUT2D eigenvalue weighted by atomic mass is 10.1. The van der Waals surface area contributed by atoms with Gasteiger partial charge in [-0.2, -0.15) is 13.2 Å². The number of halogens is 5. The third-order valence-corrected chi connectivity index (χ3v) is 7.98. The highest BCUT2D eigenvalue weighted by Gasteiger charge is 2.34. The van der Waals surface area contributed by atoms with Gasteiger partial charge in [-0.05, 0) is 66.2 Å². The maximum Gasteiger partial charge on any atom is 0.404 e. The van der Waals surface area contributed by atoms with Crippen LogP contribution in [-0.2, 0) is 23.2 Å². The zero-order valence-electron chi connectivity index (χ0n) is 23.4. The van der Waals surface area contributed by atoms with Gasteiger partial charge in [-0.1, -0.05) is 23.7 Å². The van der Waals surface area contributed by atoms with Gasteiger partial charge in [-0.3, -0.25) is 0 Å². The Kier molecular flexibility index (Phi) is 9.87. The average Bonchev–Trinajstić information content (AvgIpc) is 3.44. The fraction of sp³-hybridized carbons (Fsp3) is 0.200. The van der Waals surface area contributed by atoms with E-state index < -0.39 is 22.0 Å². The van der Waals surface area contributed by atoms with Gasteiger partial charge in [0.25, 0.3) is 0 Å². The van der Waals surface area contributed by atoms with Crippen LogP contribution in [0.15, 0.2) is 83.5 Å². The SMILES string of the molecule is O=S(=O)(CC(F)(F)F)NCCNCc1ccc(-c2ccc3ncnc(Nc4ccc(OCc5cccc(F)c5)c(Cl)c4)c3c2)o1. The van der Waals surface area contributed by atoms with E-state index in [2.05, 4.69) is 20.6 Å². The number of rotatable bonds is 13. The average molecular weight is 664 g/mol. The molecule has 0 amide bonds. The summed E-state index contributed by atoms with van der Waals surface area (Å²) in [6.07, 6.45) is -3.38. The van der Waals surface area contributed by atoms with E-state index in [1.54, 1.807) is 42.5 Å². The highest BCUT2D eigenvalue weighted by molar-refractivity contribution is 7.89. The Bertz CT molecular complexity index is 1900. The Labute approximate surface area is 260 Å². The molecule has 0 aliphatic carbocycles. The molecule has 0 aliphatic heterocycles. The maximum absolute atomic E-state index is 13.4. The van der Waals surface area contributed by atoms with E-state index >= 15 is 0 Å². The van der Waals surface area contributed by atoms with Crippen LogP contribution in [0.25, 0.3) is 22.2 Å². The van der Waals surface area contributed by atoms with Crippen molar-refractivity contribution in [3.05, 3.63) is 101 Å². The number of ether oxygens (including phenoxy) is 1. The Hall–Kier alpha value is -4.24. The normalized spacial score (nSPS) is 12.0. The molecule has 5 rings (SSSR count). The predicted molar refractivity (Wildman–Crippen MR) is 162 cm³/mol. The molecule has 0 saturated carbocycles. The van der Waals surface area contributed by atoms with Crippen LogP contribution in [0, 0.1) is 5.82 Å². The standard InChI is InChI=1S/C30H26ClF4N5O4S/c31-25-14-22(5-8-28(25)43-16-19-2-1-3-21(32)12-19)40-29-24-13-20(4-7-26(24)37-18-38-29)27-9-6-23(44-27)15-36-10-11-39-45(41,42)17-30(33,34)35/h1-9,12-14,18,36,39H,10-11,15-17H2,(H,37,38,40). The Balaban J connectivity index is 1.21. The van der Waals surface area contributed by atoms with E-state index in [-0.39, 0.29) is 32.1 Å². The van der Waals surface area contributed by atoms with Crippen LogP contribution in [0.3, 0.4) is 0 Å². The van der Waals surface area contributed by atoms with E-state index in [4.69, 9.17) is 20.8 Å². The molecule has 15 heteroatoms. The molecule has 5 aromatic rings. The van der Waals surface area contributed by atoms with Gasteiger partial charge < -0.3 is 19.8 Å². The molecule has 0 saturated heterocycles. The number of benzene rings is 3. The van der Waals surface area contributed by atoms with E-state index in [0.29, 0.717) is 50.3 Å². The molecule has 0 spiro atoms. The summed E-state index contributed by atoms with van der Waals surface area (Å²) < 4.78 is 86.9. The Morgan fingerprint density at radius 3 is 2.58 bits per heavy atom. The summed E-state index contributed by atoms with van der Waals surface area (Å²) in [6, 6.07) is 20.3. The molecule has 2 heterocycles. The van der Waals surface area contributed by atoms with Crippen molar-refractivity contribution in [1.29, 1.82) is 0 Å². The summed E-state index contributed by atoms with van der Waals surface area (Å²) in [5, 5.41) is 7.24. The van der Waals surface area contributed by atoms with Gasteiger partial charge in [0, 0.05) is 29.7 Å². The molecule has 2 aromatic heterocycles. The van der Waals surface area contributed by atoms with E-state index in [1.165, 1.54) is 18.5 Å². The highest BCUT2D eigenvalue weighted by atomic mass is 35.5. The van der Waals surface area contributed by atoms with Gasteiger partial charge in [0.1, 0.15) is 41.8 Å². The van der Waals surface area contributed by atoms with Crippen molar-refractivity contribution >= 4 is 44.0 Å². The number of nitrogens with zero attached hydrogens (tertiary/aromatic N) is 2. The molecule has 3 aromatic carbocycles. The Morgan fingerprint density at radius 1 is 0.956 bits per heavy atom. The second kappa shape index (κ2) is 13.8. The van der Waals surface area contributed by atoms with Crippen LogP contribution in [-0.4, -0.2) is 43.4 Å². The van der Waals surface area contributed by atoms with Crippen molar-refractivity contribution < 1.29 is 35.1 Å². The number of hydrogen-bond acceptors (Lipinski definition) is 8. The first-order valence-electron chi connectivity index (χ1n) is 13.5. The minimum Gasteiger partial charge on any atom is -0.487 e. The van der Waals surface area contributed by atoms with Crippen LogP contribution in [0.4, 0.5) is 29.1 Å². The van der Waals surface area contributed by atoms with E-state index in [9.17, 15) is 26.0 Å². The largest absolute Gasteiger partial charge is 0.487 e. The zero-order chi connectivity index (χ0) is 32.0. The van der Waals surface area contributed by atoms with Gasteiger partial charge in [0.2, 0.25) is 10.0 Å². The number of sulfonamides is 1. The second-order valence-corrected chi connectivity index (χ2v) is 12.1. The minimum atomic E-state index is -4.81. The lowest BCUT2D eigenvalue weighted by Crippen LogP contribution is -2.37. The smallest absolute Gasteiger partial charge is 0.404 e. The minimum absolute atomic E-state index is 0.0968. The number of alkyl halides is 3. The second-order valence-electron chi connectivity index (χ2n) is 9.85. The molecule has 0 radical (unpaired) electrons. The van der Waals surface area contributed by atoms with Crippen LogP contribution in [0.1, 0.15) is 11.3 Å². The van der Waals surface area contributed by atoms with Crippen molar-refractivity contribution in [3.8, 4) is 17.1 Å². The molecule has 3 N–H and O–H groups in total. The molecular weight excluding hydrogens is 638 g/mol. The van der Waals surface area contributed by atoms with Crippen LogP contribution < -0.4 is 20.1 Å². The van der Waals surface area contributed by atoms with E-state index in [1.807, 2.05) is 22.9 Å². The fourth-order valence-corrected chi connectivity index (χ4v) is 5.51. The number of furan rings is 1. The number of hydrogen-bond donors (Lipinski definition) is 3. The van der Waals surface area contributed by atoms with Crippen molar-refractivity contribution in [2.45, 2.75) is 19.3 Å². The molecule has 45 heavy (non-hydrogen) atoms. The van der Waals surface area contributed by atoms with E-state index in [0.717, 1.165) is 5.56 Å². The maximum atomic E-state index is 13.4. The number of aromatic nitrogens is 2. The van der Waals surface area contributed by atoms with Crippen LogP contribution in [0.5, 0.6) is 5.75 Å². The summed E-state index contributed by atoms with van der Waals surface area (Å²) in [6.45, 7) is 0.274. The first kappa shape index (κ1) is 32.2. The molecule has 0 bridgehead atoms. The monoisotopic (exact) mass is 663 g/mol. The predicted octanol–water partition coefficient (Wildman–Crippen LogP) is 6.58. The lowest BCUT2D eigenvalue weighted by molar-refractivity contribution is -0.106. The molecular formula is C30H26ClF4N5O4S. The van der Waals surface area contributed by atoms with Gasteiger partial charge in [0.15, 0.2) is 5.75 Å². The van der Waals surface area contributed by atoms with Gasteiger partial charge in [-0.15, -0.1) is 0 Å². The third kappa shape index (κ3) is 9.14. The Morgan fingerprint density at radius 2 is 1.80 bits per heavy atom. The van der Waals surface area contributed by atoms with Crippen molar-refractivity contribution in [3.63, 3.8) is 0 Å². The van der Waals surface area contributed by atoms with Crippen molar-refractivity contribution in [2.24, 2.45) is 0 Å². The highest BCUT2D eigenvalue weighted by Crippen LogP contribution is 2.33. The topological polar surface area (TPSA) is 118 Å². The first-order valence-corrected chi connectivity index (χ1v) is 15.5. The molecule has 0 aliphatic rings. The number of fused-ring (bicyclic) bond motifs is 1. The molecule has 236 valence electrons. The first-order chi connectivity index (χ1) is 21.4. The molecule has 9 nitrogen and oxygen atoms in total. The molecule has 0 atom stereocenters. The van der Waals surface area contributed by atoms with Gasteiger partial charge >= 0.3 is 6.18 Å².